The van der Waals surface area contributed by atoms with Gasteiger partial charge in [-0.2, -0.15) is 0 Å². The van der Waals surface area contributed by atoms with Crippen LogP contribution in [0.15, 0.2) is 23.8 Å². The van der Waals surface area contributed by atoms with E-state index < -0.39 is 24.2 Å². The molecule has 0 radical (unpaired) electrons. The number of carbonyl (C=O) groups excluding carboxylic acids is 1. The third-order valence-corrected chi connectivity index (χ3v) is 4.00. The zero-order valence-electron chi connectivity index (χ0n) is 13.8. The van der Waals surface area contributed by atoms with Crippen LogP contribution >= 0.6 is 11.3 Å². The first kappa shape index (κ1) is 18.3. The van der Waals surface area contributed by atoms with E-state index in [1.165, 1.54) is 23.6 Å². The van der Waals surface area contributed by atoms with Crippen LogP contribution in [0, 0.1) is 6.92 Å². The Labute approximate surface area is 143 Å². The lowest BCUT2D eigenvalue weighted by Gasteiger charge is -2.23. The molecule has 8 heteroatoms. The normalized spacial score (nSPS) is 13.0. The lowest BCUT2D eigenvalue weighted by Crippen LogP contribution is -2.37. The third kappa shape index (κ3) is 4.70. The second kappa shape index (κ2) is 7.21. The minimum atomic E-state index is -2.78. The number of nitrogens with one attached hydrogen (secondary N) is 1. The molecule has 0 fully saturated rings. The minimum Gasteiger partial charge on any atom is -0.444 e. The number of alkyl halides is 2. The molecule has 0 aromatic carbocycles. The Hall–Kier alpha value is -2.09. The number of rotatable bonds is 4. The van der Waals surface area contributed by atoms with Crippen LogP contribution in [-0.4, -0.2) is 28.1 Å². The Kier molecular flexibility index (Phi) is 5.48. The van der Waals surface area contributed by atoms with E-state index in [1.54, 1.807) is 32.3 Å². The molecule has 24 heavy (non-hydrogen) atoms. The first-order valence-electron chi connectivity index (χ1n) is 7.31. The van der Waals surface area contributed by atoms with Crippen molar-refractivity contribution in [2.24, 2.45) is 0 Å². The molecule has 0 spiro atoms. The molecule has 0 saturated carbocycles. The van der Waals surface area contributed by atoms with Crippen LogP contribution < -0.4 is 5.32 Å². The van der Waals surface area contributed by atoms with Gasteiger partial charge in [0.05, 0.1) is 21.8 Å². The van der Waals surface area contributed by atoms with E-state index in [0.717, 1.165) is 10.6 Å². The number of thiazole rings is 1. The zero-order valence-corrected chi connectivity index (χ0v) is 14.7. The number of aromatic nitrogens is 2. The Morgan fingerprint density at radius 2 is 2.00 bits per heavy atom. The lowest BCUT2D eigenvalue weighted by molar-refractivity contribution is 0.0372. The maximum Gasteiger partial charge on any atom is 0.408 e. The molecule has 1 N–H and O–H groups in total. The highest BCUT2D eigenvalue weighted by molar-refractivity contribution is 7.13. The van der Waals surface area contributed by atoms with Crippen LogP contribution in [-0.2, 0) is 4.74 Å². The highest BCUT2D eigenvalue weighted by Gasteiger charge is 2.27. The largest absolute Gasteiger partial charge is 0.444 e. The fourth-order valence-electron chi connectivity index (χ4n) is 2.00. The molecular weight excluding hydrogens is 336 g/mol. The molecule has 0 saturated heterocycles. The van der Waals surface area contributed by atoms with Gasteiger partial charge >= 0.3 is 6.09 Å². The number of halogens is 2. The van der Waals surface area contributed by atoms with Gasteiger partial charge in [-0.25, -0.2) is 18.6 Å². The van der Waals surface area contributed by atoms with Gasteiger partial charge < -0.3 is 10.1 Å². The summed E-state index contributed by atoms with van der Waals surface area (Å²) in [5.74, 6) is 0. The topological polar surface area (TPSA) is 64.1 Å². The standard InChI is InChI=1S/C16H19F2N3O2S/c1-9-13(24-8-20-9)11-6-5-10(7-19-11)12(14(17)18)21-15(22)23-16(2,3)4/h5-8,12,14H,1-4H3,(H,21,22)/t12-/m0/s1. The number of carbonyl (C=O) groups is 1. The summed E-state index contributed by atoms with van der Waals surface area (Å²) in [6, 6.07) is 1.68. The number of hydrogen-bond donors (Lipinski definition) is 1. The molecule has 2 aromatic rings. The first-order valence-corrected chi connectivity index (χ1v) is 8.19. The van der Waals surface area contributed by atoms with E-state index in [-0.39, 0.29) is 5.56 Å². The average Bonchev–Trinajstić information content (AvgIpc) is 2.89. The quantitative estimate of drug-likeness (QED) is 0.886. The smallest absolute Gasteiger partial charge is 0.408 e. The first-order chi connectivity index (χ1) is 11.2. The molecule has 0 aliphatic carbocycles. The molecule has 1 amide bonds. The summed E-state index contributed by atoms with van der Waals surface area (Å²) in [4.78, 5) is 21.0. The van der Waals surface area contributed by atoms with Crippen LogP contribution in [0.4, 0.5) is 13.6 Å². The number of ether oxygens (including phenoxy) is 1. The summed E-state index contributed by atoms with van der Waals surface area (Å²) in [7, 11) is 0. The zero-order chi connectivity index (χ0) is 17.9. The molecule has 2 heterocycles. The van der Waals surface area contributed by atoms with Crippen molar-refractivity contribution >= 4 is 17.4 Å². The van der Waals surface area contributed by atoms with Crippen LogP contribution in [0.3, 0.4) is 0 Å². The van der Waals surface area contributed by atoms with Gasteiger partial charge in [-0.3, -0.25) is 4.98 Å². The fraction of sp³-hybridized carbons (Fsp3) is 0.438. The number of alkyl carbamates (subject to hydrolysis) is 1. The van der Waals surface area contributed by atoms with E-state index in [0.29, 0.717) is 5.69 Å². The van der Waals surface area contributed by atoms with Gasteiger partial charge in [0.1, 0.15) is 11.6 Å². The van der Waals surface area contributed by atoms with E-state index >= 15 is 0 Å². The summed E-state index contributed by atoms with van der Waals surface area (Å²) >= 11 is 1.43. The molecular formula is C16H19F2N3O2S. The van der Waals surface area contributed by atoms with Gasteiger partial charge in [-0.15, -0.1) is 11.3 Å². The van der Waals surface area contributed by atoms with E-state index in [9.17, 15) is 13.6 Å². The number of hydrogen-bond acceptors (Lipinski definition) is 5. The molecule has 0 bridgehead atoms. The summed E-state index contributed by atoms with van der Waals surface area (Å²) in [5, 5.41) is 2.19. The van der Waals surface area contributed by atoms with Crippen molar-refractivity contribution in [1.82, 2.24) is 15.3 Å². The van der Waals surface area contributed by atoms with Crippen LogP contribution in [0.1, 0.15) is 38.1 Å². The minimum absolute atomic E-state index is 0.210. The predicted molar refractivity (Wildman–Crippen MR) is 88.2 cm³/mol. The number of pyridine rings is 1. The van der Waals surface area contributed by atoms with Crippen molar-refractivity contribution in [3.8, 4) is 10.6 Å². The monoisotopic (exact) mass is 355 g/mol. The summed E-state index contributed by atoms with van der Waals surface area (Å²) in [6.07, 6.45) is -2.34. The molecule has 130 valence electrons. The van der Waals surface area contributed by atoms with Crippen LogP contribution in [0.2, 0.25) is 0 Å². The second-order valence-electron chi connectivity index (χ2n) is 6.20. The maximum atomic E-state index is 13.3. The van der Waals surface area contributed by atoms with Gasteiger partial charge in [0.15, 0.2) is 0 Å². The lowest BCUT2D eigenvalue weighted by atomic mass is 10.1. The molecule has 5 nitrogen and oxygen atoms in total. The average molecular weight is 355 g/mol. The summed E-state index contributed by atoms with van der Waals surface area (Å²) in [6.45, 7) is 6.85. The Balaban J connectivity index is 2.17. The Bertz CT molecular complexity index is 696. The van der Waals surface area contributed by atoms with Gasteiger partial charge in [0, 0.05) is 6.20 Å². The number of nitrogens with zero attached hydrogens (tertiary/aromatic N) is 2. The Morgan fingerprint density at radius 3 is 2.46 bits per heavy atom. The Morgan fingerprint density at radius 1 is 1.29 bits per heavy atom. The molecule has 2 aromatic heterocycles. The summed E-state index contributed by atoms with van der Waals surface area (Å²) in [5.41, 5.74) is 2.64. The van der Waals surface area contributed by atoms with Crippen molar-refractivity contribution in [3.63, 3.8) is 0 Å². The highest BCUT2D eigenvalue weighted by atomic mass is 32.1. The van der Waals surface area contributed by atoms with Crippen molar-refractivity contribution in [2.45, 2.75) is 45.8 Å². The van der Waals surface area contributed by atoms with E-state index in [4.69, 9.17) is 4.74 Å². The molecule has 0 aliphatic rings. The molecule has 0 aliphatic heterocycles. The third-order valence-electron chi connectivity index (χ3n) is 3.05. The van der Waals surface area contributed by atoms with Crippen molar-refractivity contribution in [3.05, 3.63) is 35.1 Å². The molecule has 0 unspecified atom stereocenters. The number of aryl methyl sites for hydroxylation is 1. The van der Waals surface area contributed by atoms with Gasteiger partial charge in [0.2, 0.25) is 0 Å². The molecule has 1 atom stereocenters. The van der Waals surface area contributed by atoms with Gasteiger partial charge in [-0.05, 0) is 39.3 Å². The van der Waals surface area contributed by atoms with Crippen molar-refractivity contribution in [2.75, 3.05) is 0 Å². The molecule has 2 rings (SSSR count). The van der Waals surface area contributed by atoms with Crippen molar-refractivity contribution < 1.29 is 18.3 Å². The second-order valence-corrected chi connectivity index (χ2v) is 7.06. The predicted octanol–water partition coefficient (Wildman–Crippen LogP) is 4.34. The van der Waals surface area contributed by atoms with E-state index in [2.05, 4.69) is 15.3 Å². The van der Waals surface area contributed by atoms with Gasteiger partial charge in [0.25, 0.3) is 6.43 Å². The van der Waals surface area contributed by atoms with Crippen molar-refractivity contribution in [1.29, 1.82) is 0 Å². The van der Waals surface area contributed by atoms with Crippen LogP contribution in [0.25, 0.3) is 10.6 Å². The summed E-state index contributed by atoms with van der Waals surface area (Å²) < 4.78 is 31.6. The van der Waals surface area contributed by atoms with Crippen LogP contribution in [0.5, 0.6) is 0 Å². The van der Waals surface area contributed by atoms with E-state index in [1.807, 2.05) is 6.92 Å². The van der Waals surface area contributed by atoms with Gasteiger partial charge in [-0.1, -0.05) is 6.07 Å². The highest BCUT2D eigenvalue weighted by Crippen LogP contribution is 2.27. The maximum absolute atomic E-state index is 13.3. The number of amides is 1. The SMILES string of the molecule is Cc1ncsc1-c1ccc([C@H](NC(=O)OC(C)(C)C)C(F)F)cn1. The fourth-order valence-corrected chi connectivity index (χ4v) is 2.78.